The van der Waals surface area contributed by atoms with E-state index in [1.165, 1.54) is 17.4 Å². The highest BCUT2D eigenvalue weighted by molar-refractivity contribution is 6.07. The number of urea groups is 1. The third-order valence-corrected chi connectivity index (χ3v) is 5.76. The maximum atomic E-state index is 13.4. The molecule has 3 rings (SSSR count). The van der Waals surface area contributed by atoms with Gasteiger partial charge in [-0.15, -0.1) is 0 Å². The summed E-state index contributed by atoms with van der Waals surface area (Å²) in [4.78, 5) is 50.7. The number of likely N-dealkylation sites (tertiary alicyclic amines) is 1. The number of carbonyl (C=O) groups is 3. The minimum atomic E-state index is -0.840. The Balaban J connectivity index is 1.73. The minimum Gasteiger partial charge on any atom is -0.385 e. The van der Waals surface area contributed by atoms with Crippen molar-refractivity contribution < 1.29 is 19.1 Å². The predicted molar refractivity (Wildman–Crippen MR) is 106 cm³/mol. The molecule has 1 aromatic rings. The van der Waals surface area contributed by atoms with Crippen molar-refractivity contribution in [3.8, 4) is 0 Å². The maximum absolute atomic E-state index is 13.4. The molecule has 1 spiro atoms. The van der Waals surface area contributed by atoms with Gasteiger partial charge < -0.3 is 19.5 Å². The lowest BCUT2D eigenvalue weighted by atomic mass is 9.85. The molecule has 2 aliphatic rings. The molecule has 29 heavy (non-hydrogen) atoms. The van der Waals surface area contributed by atoms with Gasteiger partial charge in [-0.25, -0.2) is 9.78 Å². The number of imidazole rings is 1. The van der Waals surface area contributed by atoms with E-state index in [1.807, 2.05) is 13.8 Å². The van der Waals surface area contributed by atoms with Crippen LogP contribution in [0.15, 0.2) is 12.5 Å². The fraction of sp³-hybridized carbons (Fsp3) is 0.700. The third-order valence-electron chi connectivity index (χ3n) is 5.76. The van der Waals surface area contributed by atoms with Crippen LogP contribution in [0.4, 0.5) is 4.79 Å². The molecule has 0 aromatic carbocycles. The van der Waals surface area contributed by atoms with Gasteiger partial charge in [0, 0.05) is 39.9 Å². The molecule has 0 atom stereocenters. The number of hydrogen-bond donors (Lipinski definition) is 1. The van der Waals surface area contributed by atoms with Crippen molar-refractivity contribution >= 4 is 17.8 Å². The summed E-state index contributed by atoms with van der Waals surface area (Å²) < 4.78 is 5.07. The number of piperidine rings is 1. The van der Waals surface area contributed by atoms with Crippen molar-refractivity contribution in [3.05, 3.63) is 18.2 Å². The number of carbonyl (C=O) groups excluding carboxylic acids is 3. The van der Waals surface area contributed by atoms with Crippen LogP contribution in [0.2, 0.25) is 0 Å². The van der Waals surface area contributed by atoms with Crippen molar-refractivity contribution in [3.63, 3.8) is 0 Å². The average Bonchev–Trinajstić information content (AvgIpc) is 3.30. The van der Waals surface area contributed by atoms with Crippen molar-refractivity contribution in [2.24, 2.45) is 5.92 Å². The zero-order valence-electron chi connectivity index (χ0n) is 17.5. The van der Waals surface area contributed by atoms with Crippen LogP contribution in [-0.2, 0) is 9.53 Å². The van der Waals surface area contributed by atoms with Crippen molar-refractivity contribution in [1.82, 2.24) is 24.7 Å². The molecular weight excluding hydrogens is 374 g/mol. The molecule has 2 aliphatic heterocycles. The van der Waals surface area contributed by atoms with E-state index in [4.69, 9.17) is 4.74 Å². The summed E-state index contributed by atoms with van der Waals surface area (Å²) in [6.45, 7) is 6.52. The second kappa shape index (κ2) is 8.94. The van der Waals surface area contributed by atoms with E-state index in [9.17, 15) is 14.4 Å². The second-order valence-electron chi connectivity index (χ2n) is 8.23. The first-order valence-corrected chi connectivity index (χ1v) is 10.3. The fourth-order valence-corrected chi connectivity index (χ4v) is 4.22. The van der Waals surface area contributed by atoms with Crippen LogP contribution in [0.25, 0.3) is 0 Å². The monoisotopic (exact) mass is 405 g/mol. The Bertz CT molecular complexity index is 725. The smallest absolute Gasteiger partial charge is 0.327 e. The van der Waals surface area contributed by atoms with E-state index in [0.717, 1.165) is 12.8 Å². The van der Waals surface area contributed by atoms with Crippen LogP contribution < -0.4 is 0 Å². The number of rotatable bonds is 8. The molecule has 0 radical (unpaired) electrons. The van der Waals surface area contributed by atoms with Gasteiger partial charge in [0.15, 0.2) is 0 Å². The largest absolute Gasteiger partial charge is 0.385 e. The lowest BCUT2D eigenvalue weighted by Gasteiger charge is -2.42. The van der Waals surface area contributed by atoms with E-state index in [2.05, 4.69) is 9.97 Å². The number of nitrogens with one attached hydrogen (secondary N) is 1. The Hall–Kier alpha value is -2.42. The molecule has 3 heterocycles. The van der Waals surface area contributed by atoms with Crippen LogP contribution in [0.1, 0.15) is 50.0 Å². The van der Waals surface area contributed by atoms with Crippen LogP contribution >= 0.6 is 0 Å². The highest BCUT2D eigenvalue weighted by Gasteiger charge is 2.58. The Kier molecular flexibility index (Phi) is 6.56. The number of methoxy groups -OCH3 is 1. The molecule has 4 amide bonds. The molecule has 0 bridgehead atoms. The van der Waals surface area contributed by atoms with E-state index >= 15 is 0 Å². The zero-order valence-corrected chi connectivity index (χ0v) is 17.5. The maximum Gasteiger partial charge on any atom is 0.327 e. The van der Waals surface area contributed by atoms with Crippen molar-refractivity contribution in [1.29, 1.82) is 0 Å². The Morgan fingerprint density at radius 1 is 1.28 bits per heavy atom. The number of amides is 4. The minimum absolute atomic E-state index is 0.116. The molecule has 1 aromatic heterocycles. The summed E-state index contributed by atoms with van der Waals surface area (Å²) in [5.74, 6) is 0.0110. The van der Waals surface area contributed by atoms with Crippen LogP contribution in [0.3, 0.4) is 0 Å². The van der Waals surface area contributed by atoms with E-state index in [1.54, 1.807) is 16.9 Å². The number of aromatic amines is 1. The van der Waals surface area contributed by atoms with Gasteiger partial charge in [0.05, 0.1) is 12.5 Å². The lowest BCUT2D eigenvalue weighted by Crippen LogP contribution is -2.58. The van der Waals surface area contributed by atoms with E-state index < -0.39 is 5.54 Å². The van der Waals surface area contributed by atoms with Gasteiger partial charge in [0.2, 0.25) is 0 Å². The summed E-state index contributed by atoms with van der Waals surface area (Å²) in [5.41, 5.74) is -0.401. The number of hydrogen-bond acceptors (Lipinski definition) is 5. The van der Waals surface area contributed by atoms with Crippen LogP contribution in [0.5, 0.6) is 0 Å². The molecule has 9 nitrogen and oxygen atoms in total. The molecule has 9 heteroatoms. The quantitative estimate of drug-likeness (QED) is 0.525. The van der Waals surface area contributed by atoms with Gasteiger partial charge >= 0.3 is 6.03 Å². The van der Waals surface area contributed by atoms with Gasteiger partial charge in [0.1, 0.15) is 11.2 Å². The molecule has 1 N–H and O–H groups in total. The summed E-state index contributed by atoms with van der Waals surface area (Å²) in [6, 6.07) is -0.200. The fourth-order valence-electron chi connectivity index (χ4n) is 4.22. The molecule has 160 valence electrons. The third kappa shape index (κ3) is 4.14. The first-order chi connectivity index (χ1) is 13.9. The molecule has 2 fully saturated rings. The van der Waals surface area contributed by atoms with Crippen LogP contribution in [0, 0.1) is 5.92 Å². The summed E-state index contributed by atoms with van der Waals surface area (Å²) in [7, 11) is 1.64. The summed E-state index contributed by atoms with van der Waals surface area (Å²) in [6.07, 6.45) is 5.42. The topological polar surface area (TPSA) is 98.8 Å². The molecule has 0 unspecified atom stereocenters. The van der Waals surface area contributed by atoms with E-state index in [0.29, 0.717) is 51.3 Å². The number of unbranched alkanes of at least 4 members (excludes halogenated alkanes) is 1. The number of ether oxygens (including phenoxy) is 1. The first kappa shape index (κ1) is 21.3. The van der Waals surface area contributed by atoms with Gasteiger partial charge in [0.25, 0.3) is 11.8 Å². The second-order valence-corrected chi connectivity index (χ2v) is 8.23. The first-order valence-electron chi connectivity index (χ1n) is 10.3. The van der Waals surface area contributed by atoms with Gasteiger partial charge in [-0.3, -0.25) is 14.5 Å². The highest BCUT2D eigenvalue weighted by Crippen LogP contribution is 2.38. The summed E-state index contributed by atoms with van der Waals surface area (Å²) >= 11 is 0. The highest BCUT2D eigenvalue weighted by atomic mass is 16.5. The van der Waals surface area contributed by atoms with Gasteiger partial charge in [-0.05, 0) is 31.6 Å². The Labute approximate surface area is 171 Å². The number of H-pyrrole nitrogens is 1. The van der Waals surface area contributed by atoms with Crippen molar-refractivity contribution in [2.75, 3.05) is 39.9 Å². The summed E-state index contributed by atoms with van der Waals surface area (Å²) in [5, 5.41) is 0. The van der Waals surface area contributed by atoms with Crippen LogP contribution in [-0.4, -0.2) is 87.9 Å². The zero-order chi connectivity index (χ0) is 21.0. The van der Waals surface area contributed by atoms with E-state index in [-0.39, 0.29) is 23.8 Å². The number of aromatic nitrogens is 2. The number of imide groups is 1. The van der Waals surface area contributed by atoms with Gasteiger partial charge in [-0.2, -0.15) is 0 Å². The molecule has 0 saturated carbocycles. The van der Waals surface area contributed by atoms with Crippen molar-refractivity contribution in [2.45, 2.75) is 45.1 Å². The average molecular weight is 405 g/mol. The molecular formula is C20H31N5O4. The molecule has 0 aliphatic carbocycles. The Morgan fingerprint density at radius 3 is 2.59 bits per heavy atom. The van der Waals surface area contributed by atoms with Gasteiger partial charge in [-0.1, -0.05) is 13.8 Å². The molecule has 2 saturated heterocycles. The lowest BCUT2D eigenvalue weighted by molar-refractivity contribution is -0.135. The normalized spacial score (nSPS) is 19.1. The SMILES string of the molecule is COCCCCN1C(=O)N(CC(C)C)C2(CCN(C(=O)c3cnc[nH]3)CC2)C1=O. The standard InChI is InChI=1S/C20H31N5O4/c1-15(2)13-25-19(28)24(8-4-5-11-29-3)18(27)20(25)6-9-23(10-7-20)17(26)16-12-21-14-22-16/h12,14-15H,4-11,13H2,1-3H3,(H,21,22). The number of nitrogens with zero attached hydrogens (tertiary/aromatic N) is 4. The predicted octanol–water partition coefficient (Wildman–Crippen LogP) is 1.73. The Morgan fingerprint density at radius 2 is 2.00 bits per heavy atom.